The summed E-state index contributed by atoms with van der Waals surface area (Å²) in [5.74, 6) is 0.635. The number of nitrogens with zero attached hydrogens (tertiary/aromatic N) is 2. The Morgan fingerprint density at radius 1 is 1.36 bits per heavy atom. The minimum absolute atomic E-state index is 0.196. The fraction of sp³-hybridized carbons (Fsp3) is 0.632. The largest absolute Gasteiger partial charge is 0.379 e. The van der Waals surface area contributed by atoms with Crippen LogP contribution < -0.4 is 10.6 Å². The molecule has 0 saturated carbocycles. The van der Waals surface area contributed by atoms with Crippen molar-refractivity contribution < 1.29 is 9.13 Å². The summed E-state index contributed by atoms with van der Waals surface area (Å²) in [5, 5.41) is 6.64. The highest BCUT2D eigenvalue weighted by Crippen LogP contribution is 2.10. The molecule has 0 radical (unpaired) electrons. The number of ether oxygens (including phenoxy) is 1. The van der Waals surface area contributed by atoms with Gasteiger partial charge in [0.2, 0.25) is 0 Å². The van der Waals surface area contributed by atoms with Crippen molar-refractivity contribution in [1.82, 2.24) is 15.5 Å². The number of aliphatic imine (C=N–C) groups is 1. The zero-order chi connectivity index (χ0) is 18.1. The molecule has 1 aliphatic heterocycles. The van der Waals surface area contributed by atoms with Crippen molar-refractivity contribution in [1.29, 1.82) is 0 Å². The summed E-state index contributed by atoms with van der Waals surface area (Å²) in [6.07, 6.45) is 0.834. The number of benzene rings is 1. The highest BCUT2D eigenvalue weighted by Gasteiger charge is 2.23. The third-order valence-electron chi connectivity index (χ3n) is 4.46. The minimum Gasteiger partial charge on any atom is -0.379 e. The summed E-state index contributed by atoms with van der Waals surface area (Å²) < 4.78 is 18.4. The first kappa shape index (κ1) is 19.7. The lowest BCUT2D eigenvalue weighted by atomic mass is 10.1. The van der Waals surface area contributed by atoms with Gasteiger partial charge in [-0.25, -0.2) is 4.39 Å². The van der Waals surface area contributed by atoms with Crippen LogP contribution >= 0.6 is 0 Å². The van der Waals surface area contributed by atoms with Gasteiger partial charge in [-0.2, -0.15) is 0 Å². The molecule has 2 N–H and O–H groups in total. The summed E-state index contributed by atoms with van der Waals surface area (Å²) in [5.41, 5.74) is 1.11. The van der Waals surface area contributed by atoms with E-state index in [-0.39, 0.29) is 5.82 Å². The number of hydrogen-bond donors (Lipinski definition) is 2. The lowest BCUT2D eigenvalue weighted by Crippen LogP contribution is -2.49. The standard InChI is InChI=1S/C19H31FN4O/c1-4-21-19(22-10-9-17-5-7-18(20)8-6-17)23-13-15(2)24-11-12-25-14-16(24)3/h5-8,15-16H,4,9-14H2,1-3H3,(H2,21,22,23). The zero-order valence-electron chi connectivity index (χ0n) is 15.6. The van der Waals surface area contributed by atoms with Crippen LogP contribution in [0.1, 0.15) is 26.3 Å². The van der Waals surface area contributed by atoms with E-state index < -0.39 is 0 Å². The molecule has 2 unspecified atom stereocenters. The highest BCUT2D eigenvalue weighted by atomic mass is 19.1. The number of guanidine groups is 1. The van der Waals surface area contributed by atoms with Crippen molar-refractivity contribution in [3.05, 3.63) is 35.6 Å². The Hall–Kier alpha value is -1.66. The second kappa shape index (κ2) is 10.4. The van der Waals surface area contributed by atoms with Crippen LogP contribution in [0.3, 0.4) is 0 Å². The molecule has 6 heteroatoms. The maximum atomic E-state index is 12.9. The smallest absolute Gasteiger partial charge is 0.191 e. The predicted molar refractivity (Wildman–Crippen MR) is 101 cm³/mol. The van der Waals surface area contributed by atoms with Gasteiger partial charge in [0, 0.05) is 31.7 Å². The van der Waals surface area contributed by atoms with Gasteiger partial charge in [-0.15, -0.1) is 0 Å². The molecule has 5 nitrogen and oxygen atoms in total. The summed E-state index contributed by atoms with van der Waals surface area (Å²) in [6.45, 7) is 11.4. The van der Waals surface area contributed by atoms with Gasteiger partial charge in [0.15, 0.2) is 5.96 Å². The minimum atomic E-state index is -0.196. The van der Waals surface area contributed by atoms with Gasteiger partial charge in [-0.1, -0.05) is 12.1 Å². The molecule has 1 aromatic carbocycles. The Kier molecular flexibility index (Phi) is 8.15. The summed E-state index contributed by atoms with van der Waals surface area (Å²) in [7, 11) is 0. The van der Waals surface area contributed by atoms with E-state index in [0.29, 0.717) is 12.1 Å². The van der Waals surface area contributed by atoms with Crippen molar-refractivity contribution in [2.75, 3.05) is 39.4 Å². The average molecular weight is 350 g/mol. The Labute approximate surface area is 150 Å². The summed E-state index contributed by atoms with van der Waals surface area (Å²) in [6, 6.07) is 7.46. The van der Waals surface area contributed by atoms with Crippen LogP contribution in [0.25, 0.3) is 0 Å². The first-order chi connectivity index (χ1) is 12.1. The van der Waals surface area contributed by atoms with Crippen LogP contribution in [0.4, 0.5) is 4.39 Å². The molecule has 0 aliphatic carbocycles. The van der Waals surface area contributed by atoms with Crippen LogP contribution in [0.2, 0.25) is 0 Å². The van der Waals surface area contributed by atoms with Crippen molar-refractivity contribution >= 4 is 5.96 Å². The number of morpholine rings is 1. The molecule has 1 heterocycles. The Morgan fingerprint density at radius 2 is 2.12 bits per heavy atom. The first-order valence-electron chi connectivity index (χ1n) is 9.20. The molecule has 2 rings (SSSR count). The quantitative estimate of drug-likeness (QED) is 0.584. The molecular weight excluding hydrogens is 319 g/mol. The van der Waals surface area contributed by atoms with Crippen molar-refractivity contribution in [3.8, 4) is 0 Å². The lowest BCUT2D eigenvalue weighted by Gasteiger charge is -2.37. The van der Waals surface area contributed by atoms with Gasteiger partial charge in [0.25, 0.3) is 0 Å². The third-order valence-corrected chi connectivity index (χ3v) is 4.46. The topological polar surface area (TPSA) is 48.9 Å². The number of nitrogens with one attached hydrogen (secondary N) is 2. The summed E-state index contributed by atoms with van der Waals surface area (Å²) >= 11 is 0. The molecule has 1 saturated heterocycles. The monoisotopic (exact) mass is 350 g/mol. The molecule has 0 spiro atoms. The SMILES string of the molecule is CCNC(=NCC(C)N1CCOCC1C)NCCc1ccc(F)cc1. The van der Waals surface area contributed by atoms with Gasteiger partial charge >= 0.3 is 0 Å². The van der Waals surface area contributed by atoms with Crippen LogP contribution in [0, 0.1) is 5.82 Å². The fourth-order valence-corrected chi connectivity index (χ4v) is 3.04. The summed E-state index contributed by atoms with van der Waals surface area (Å²) in [4.78, 5) is 7.17. The van der Waals surface area contributed by atoms with Crippen molar-refractivity contribution in [3.63, 3.8) is 0 Å². The molecule has 25 heavy (non-hydrogen) atoms. The maximum Gasteiger partial charge on any atom is 0.191 e. The van der Waals surface area contributed by atoms with E-state index in [1.807, 2.05) is 12.1 Å². The number of rotatable bonds is 7. The molecule has 1 aliphatic rings. The van der Waals surface area contributed by atoms with E-state index in [4.69, 9.17) is 9.73 Å². The Balaban J connectivity index is 1.81. The van der Waals surface area contributed by atoms with Gasteiger partial charge in [-0.3, -0.25) is 9.89 Å². The second-order valence-corrected chi connectivity index (χ2v) is 6.53. The van der Waals surface area contributed by atoms with Crippen LogP contribution in [0.15, 0.2) is 29.3 Å². The van der Waals surface area contributed by atoms with E-state index in [2.05, 4.69) is 36.3 Å². The molecule has 1 fully saturated rings. The van der Waals surface area contributed by atoms with E-state index in [1.54, 1.807) is 0 Å². The first-order valence-corrected chi connectivity index (χ1v) is 9.20. The van der Waals surface area contributed by atoms with Crippen molar-refractivity contribution in [2.24, 2.45) is 4.99 Å². The van der Waals surface area contributed by atoms with Gasteiger partial charge in [-0.05, 0) is 44.9 Å². The Morgan fingerprint density at radius 3 is 2.80 bits per heavy atom. The molecule has 0 aromatic heterocycles. The van der Waals surface area contributed by atoms with Crippen LogP contribution in [-0.2, 0) is 11.2 Å². The van der Waals surface area contributed by atoms with E-state index in [1.165, 1.54) is 12.1 Å². The van der Waals surface area contributed by atoms with E-state index in [9.17, 15) is 4.39 Å². The maximum absolute atomic E-state index is 12.9. The lowest BCUT2D eigenvalue weighted by molar-refractivity contribution is -0.0165. The normalized spacial score (nSPS) is 20.3. The molecule has 140 valence electrons. The van der Waals surface area contributed by atoms with Crippen molar-refractivity contribution in [2.45, 2.75) is 39.3 Å². The van der Waals surface area contributed by atoms with Crippen LogP contribution in [0.5, 0.6) is 0 Å². The van der Waals surface area contributed by atoms with Crippen LogP contribution in [-0.4, -0.2) is 62.3 Å². The Bertz CT molecular complexity index is 535. The predicted octanol–water partition coefficient (Wildman–Crippen LogP) is 2.03. The highest BCUT2D eigenvalue weighted by molar-refractivity contribution is 5.79. The van der Waals surface area contributed by atoms with E-state index >= 15 is 0 Å². The number of halogens is 1. The van der Waals surface area contributed by atoms with Gasteiger partial charge < -0.3 is 15.4 Å². The van der Waals surface area contributed by atoms with Gasteiger partial charge in [0.05, 0.1) is 19.8 Å². The zero-order valence-corrected chi connectivity index (χ0v) is 15.6. The molecular formula is C19H31FN4O. The fourth-order valence-electron chi connectivity index (χ4n) is 3.04. The second-order valence-electron chi connectivity index (χ2n) is 6.53. The molecule has 2 atom stereocenters. The average Bonchev–Trinajstić information content (AvgIpc) is 2.61. The molecule has 0 bridgehead atoms. The molecule has 1 aromatic rings. The van der Waals surface area contributed by atoms with Gasteiger partial charge in [0.1, 0.15) is 5.82 Å². The third kappa shape index (κ3) is 6.63. The van der Waals surface area contributed by atoms with E-state index in [0.717, 1.165) is 57.3 Å². The molecule has 0 amide bonds. The number of hydrogen-bond acceptors (Lipinski definition) is 3.